The summed E-state index contributed by atoms with van der Waals surface area (Å²) in [5.41, 5.74) is 2.64. The Hall–Kier alpha value is -1.37. The lowest BCUT2D eigenvalue weighted by Crippen LogP contribution is -2.16. The van der Waals surface area contributed by atoms with Gasteiger partial charge in [0, 0.05) is 43.0 Å². The van der Waals surface area contributed by atoms with Crippen molar-refractivity contribution in [2.45, 2.75) is 6.54 Å². The number of fused-ring (bicyclic) bond motifs is 1. The van der Waals surface area contributed by atoms with Crippen LogP contribution in [0.1, 0.15) is 5.56 Å². The van der Waals surface area contributed by atoms with Crippen molar-refractivity contribution < 1.29 is 0 Å². The Balaban J connectivity index is 1.90. The summed E-state index contributed by atoms with van der Waals surface area (Å²) in [6.45, 7) is 1.91. The molecule has 1 heterocycles. The first-order valence-corrected chi connectivity index (χ1v) is 7.23. The molecule has 0 radical (unpaired) electrons. The first kappa shape index (κ1) is 13.1. The predicted molar refractivity (Wildman–Crippen MR) is 80.8 cm³/mol. The molecule has 0 amide bonds. The van der Waals surface area contributed by atoms with Crippen molar-refractivity contribution in [3.05, 3.63) is 36.0 Å². The largest absolute Gasteiger partial charge is 0.350 e. The zero-order valence-electron chi connectivity index (χ0n) is 10.6. The Morgan fingerprint density at radius 3 is 3.06 bits per heavy atom. The summed E-state index contributed by atoms with van der Waals surface area (Å²) in [6.07, 6.45) is 7.41. The Bertz CT molecular complexity index is 551. The topological polar surface area (TPSA) is 17.0 Å². The number of nitrogens with one attached hydrogen (secondary N) is 1. The molecule has 0 aliphatic heterocycles. The van der Waals surface area contributed by atoms with Crippen LogP contribution in [0.25, 0.3) is 10.9 Å². The van der Waals surface area contributed by atoms with Gasteiger partial charge in [-0.25, -0.2) is 0 Å². The second-order valence-electron chi connectivity index (χ2n) is 4.22. The van der Waals surface area contributed by atoms with Crippen LogP contribution in [-0.4, -0.2) is 22.6 Å². The van der Waals surface area contributed by atoms with E-state index in [9.17, 15) is 0 Å². The summed E-state index contributed by atoms with van der Waals surface area (Å²) in [5.74, 6) is 4.50. The van der Waals surface area contributed by atoms with E-state index in [1.54, 1.807) is 11.8 Å². The van der Waals surface area contributed by atoms with Crippen molar-refractivity contribution in [2.75, 3.05) is 18.1 Å². The molecule has 0 bridgehead atoms. The van der Waals surface area contributed by atoms with Gasteiger partial charge in [-0.3, -0.25) is 0 Å². The average molecular weight is 258 g/mol. The molecule has 0 unspecified atom stereocenters. The van der Waals surface area contributed by atoms with Crippen LogP contribution in [-0.2, 0) is 13.6 Å². The highest BCUT2D eigenvalue weighted by Gasteiger charge is 2.04. The van der Waals surface area contributed by atoms with Gasteiger partial charge in [0.15, 0.2) is 0 Å². The molecule has 0 spiro atoms. The molecule has 2 nitrogen and oxygen atoms in total. The number of thioether (sulfide) groups is 1. The summed E-state index contributed by atoms with van der Waals surface area (Å²) in [4.78, 5) is 0. The van der Waals surface area contributed by atoms with Crippen LogP contribution in [0.5, 0.6) is 0 Å². The van der Waals surface area contributed by atoms with Crippen molar-refractivity contribution in [3.63, 3.8) is 0 Å². The number of hydrogen-bond donors (Lipinski definition) is 1. The fourth-order valence-electron chi connectivity index (χ4n) is 2.06. The molecular weight excluding hydrogens is 240 g/mol. The average Bonchev–Trinajstić information content (AvgIpc) is 2.71. The molecule has 1 N–H and O–H groups in total. The Morgan fingerprint density at radius 1 is 1.39 bits per heavy atom. The van der Waals surface area contributed by atoms with E-state index in [1.165, 1.54) is 16.5 Å². The van der Waals surface area contributed by atoms with Crippen molar-refractivity contribution in [3.8, 4) is 12.3 Å². The molecular formula is C15H18N2S. The van der Waals surface area contributed by atoms with Gasteiger partial charge in [-0.1, -0.05) is 24.1 Å². The SMILES string of the molecule is C#CCSCCNCc1cn(C)c2ccccc12. The monoisotopic (exact) mass is 258 g/mol. The normalized spacial score (nSPS) is 10.7. The van der Waals surface area contributed by atoms with E-state index in [0.717, 1.165) is 24.6 Å². The van der Waals surface area contributed by atoms with E-state index in [0.29, 0.717) is 0 Å². The zero-order valence-corrected chi connectivity index (χ0v) is 11.5. The van der Waals surface area contributed by atoms with Crippen LogP contribution < -0.4 is 5.32 Å². The van der Waals surface area contributed by atoms with Gasteiger partial charge < -0.3 is 9.88 Å². The highest BCUT2D eigenvalue weighted by Crippen LogP contribution is 2.19. The molecule has 0 atom stereocenters. The van der Waals surface area contributed by atoms with Gasteiger partial charge in [-0.2, -0.15) is 0 Å². The van der Waals surface area contributed by atoms with Crippen molar-refractivity contribution >= 4 is 22.7 Å². The number of benzene rings is 1. The molecule has 18 heavy (non-hydrogen) atoms. The third-order valence-corrected chi connectivity index (χ3v) is 3.77. The minimum atomic E-state index is 0.802. The van der Waals surface area contributed by atoms with E-state index in [4.69, 9.17) is 6.42 Å². The van der Waals surface area contributed by atoms with E-state index in [-0.39, 0.29) is 0 Å². The lowest BCUT2D eigenvalue weighted by Gasteiger charge is -2.02. The molecule has 1 aromatic carbocycles. The molecule has 0 aliphatic carbocycles. The maximum atomic E-state index is 5.21. The van der Waals surface area contributed by atoms with Gasteiger partial charge in [-0.05, 0) is 11.6 Å². The van der Waals surface area contributed by atoms with Gasteiger partial charge in [0.05, 0.1) is 5.75 Å². The van der Waals surface area contributed by atoms with Crippen LogP contribution in [0.4, 0.5) is 0 Å². The van der Waals surface area contributed by atoms with Crippen molar-refractivity contribution in [2.24, 2.45) is 7.05 Å². The number of nitrogens with zero attached hydrogens (tertiary/aromatic N) is 1. The van der Waals surface area contributed by atoms with Gasteiger partial charge in [0.1, 0.15) is 0 Å². The van der Waals surface area contributed by atoms with E-state index >= 15 is 0 Å². The molecule has 0 saturated carbocycles. The summed E-state index contributed by atoms with van der Waals surface area (Å²) in [5, 5.41) is 4.80. The minimum Gasteiger partial charge on any atom is -0.350 e. The highest BCUT2D eigenvalue weighted by atomic mass is 32.2. The van der Waals surface area contributed by atoms with Crippen LogP contribution in [0.2, 0.25) is 0 Å². The molecule has 0 aliphatic rings. The number of para-hydroxylation sites is 1. The molecule has 1 aromatic heterocycles. The van der Waals surface area contributed by atoms with E-state index in [1.807, 2.05) is 0 Å². The first-order chi connectivity index (χ1) is 8.83. The Morgan fingerprint density at radius 2 is 2.22 bits per heavy atom. The lowest BCUT2D eigenvalue weighted by molar-refractivity contribution is 0.733. The predicted octanol–water partition coefficient (Wildman–Crippen LogP) is 2.63. The molecule has 2 aromatic rings. The summed E-state index contributed by atoms with van der Waals surface area (Å²) in [7, 11) is 2.09. The third-order valence-electron chi connectivity index (χ3n) is 2.90. The maximum Gasteiger partial charge on any atom is 0.0545 e. The summed E-state index contributed by atoms with van der Waals surface area (Å²) < 4.78 is 2.18. The third kappa shape index (κ3) is 3.10. The standard InChI is InChI=1S/C15H18N2S/c1-3-9-18-10-8-16-11-13-12-17(2)15-7-5-4-6-14(13)15/h1,4-7,12,16H,8-11H2,2H3. The van der Waals surface area contributed by atoms with E-state index in [2.05, 4.69) is 53.3 Å². The highest BCUT2D eigenvalue weighted by molar-refractivity contribution is 7.99. The number of aromatic nitrogens is 1. The molecule has 94 valence electrons. The summed E-state index contributed by atoms with van der Waals surface area (Å²) >= 11 is 1.79. The minimum absolute atomic E-state index is 0.802. The van der Waals surface area contributed by atoms with Crippen LogP contribution in [0.15, 0.2) is 30.5 Å². The number of aryl methyl sites for hydroxylation is 1. The summed E-state index contributed by atoms with van der Waals surface area (Å²) in [6, 6.07) is 8.51. The van der Waals surface area contributed by atoms with Crippen LogP contribution >= 0.6 is 11.8 Å². The van der Waals surface area contributed by atoms with Gasteiger partial charge in [-0.15, -0.1) is 18.2 Å². The fourth-order valence-corrected chi connectivity index (χ4v) is 2.62. The van der Waals surface area contributed by atoms with Crippen LogP contribution in [0, 0.1) is 12.3 Å². The van der Waals surface area contributed by atoms with Crippen molar-refractivity contribution in [1.29, 1.82) is 0 Å². The second-order valence-corrected chi connectivity index (χ2v) is 5.32. The van der Waals surface area contributed by atoms with Gasteiger partial charge >= 0.3 is 0 Å². The fraction of sp³-hybridized carbons (Fsp3) is 0.333. The molecule has 0 saturated heterocycles. The molecule has 2 rings (SSSR count). The Kier molecular flexibility index (Phi) is 4.74. The molecule has 3 heteroatoms. The van der Waals surface area contributed by atoms with E-state index < -0.39 is 0 Å². The van der Waals surface area contributed by atoms with Crippen LogP contribution in [0.3, 0.4) is 0 Å². The quantitative estimate of drug-likeness (QED) is 0.633. The Labute approximate surface area is 113 Å². The lowest BCUT2D eigenvalue weighted by atomic mass is 10.2. The zero-order chi connectivity index (χ0) is 12.8. The smallest absolute Gasteiger partial charge is 0.0545 e. The number of terminal acetylenes is 1. The number of rotatable bonds is 6. The first-order valence-electron chi connectivity index (χ1n) is 6.08. The molecule has 0 fully saturated rings. The van der Waals surface area contributed by atoms with Gasteiger partial charge in [0.2, 0.25) is 0 Å². The number of hydrogen-bond acceptors (Lipinski definition) is 2. The second kappa shape index (κ2) is 6.53. The van der Waals surface area contributed by atoms with Gasteiger partial charge in [0.25, 0.3) is 0 Å². The maximum absolute atomic E-state index is 5.21. The van der Waals surface area contributed by atoms with Crippen molar-refractivity contribution in [1.82, 2.24) is 9.88 Å².